The summed E-state index contributed by atoms with van der Waals surface area (Å²) in [5.41, 5.74) is 2.47. The standard InChI is InChI=1S/C13H19NO/c1-2-8-14-11-7-6-10-4-3-5-13(15)12(10)9-11/h3-5,11,14-15H,2,6-9H2,1H3. The summed E-state index contributed by atoms with van der Waals surface area (Å²) in [6.07, 6.45) is 4.42. The first-order valence-corrected chi connectivity index (χ1v) is 5.84. The van der Waals surface area contributed by atoms with Crippen molar-refractivity contribution in [2.45, 2.75) is 38.6 Å². The molecule has 2 heteroatoms. The van der Waals surface area contributed by atoms with Crippen molar-refractivity contribution in [3.05, 3.63) is 29.3 Å². The maximum Gasteiger partial charge on any atom is 0.119 e. The van der Waals surface area contributed by atoms with Crippen LogP contribution in [0.4, 0.5) is 0 Å². The van der Waals surface area contributed by atoms with Gasteiger partial charge in [0.15, 0.2) is 0 Å². The molecule has 15 heavy (non-hydrogen) atoms. The summed E-state index contributed by atoms with van der Waals surface area (Å²) < 4.78 is 0. The van der Waals surface area contributed by atoms with Gasteiger partial charge in [-0.05, 0) is 49.4 Å². The van der Waals surface area contributed by atoms with Crippen molar-refractivity contribution in [2.24, 2.45) is 0 Å². The van der Waals surface area contributed by atoms with Gasteiger partial charge in [0.2, 0.25) is 0 Å². The molecule has 0 saturated carbocycles. The molecular formula is C13H19NO. The molecule has 0 saturated heterocycles. The van der Waals surface area contributed by atoms with Gasteiger partial charge in [-0.1, -0.05) is 19.1 Å². The first-order chi connectivity index (χ1) is 7.31. The number of fused-ring (bicyclic) bond motifs is 1. The Morgan fingerprint density at radius 2 is 2.33 bits per heavy atom. The van der Waals surface area contributed by atoms with Gasteiger partial charge in [-0.15, -0.1) is 0 Å². The van der Waals surface area contributed by atoms with Crippen molar-refractivity contribution >= 4 is 0 Å². The molecule has 1 aromatic rings. The monoisotopic (exact) mass is 205 g/mol. The summed E-state index contributed by atoms with van der Waals surface area (Å²) in [5.74, 6) is 0.468. The van der Waals surface area contributed by atoms with Crippen LogP contribution >= 0.6 is 0 Å². The van der Waals surface area contributed by atoms with Crippen LogP contribution in [0.5, 0.6) is 5.75 Å². The predicted molar refractivity (Wildman–Crippen MR) is 62.2 cm³/mol. The molecule has 0 aliphatic heterocycles. The molecule has 1 atom stereocenters. The van der Waals surface area contributed by atoms with Crippen LogP contribution in [0, 0.1) is 0 Å². The number of hydrogen-bond donors (Lipinski definition) is 2. The van der Waals surface area contributed by atoms with Gasteiger partial charge < -0.3 is 10.4 Å². The van der Waals surface area contributed by atoms with E-state index in [2.05, 4.69) is 18.3 Å². The van der Waals surface area contributed by atoms with E-state index in [1.807, 2.05) is 6.07 Å². The number of nitrogens with one attached hydrogen (secondary N) is 1. The lowest BCUT2D eigenvalue weighted by Crippen LogP contribution is -2.34. The van der Waals surface area contributed by atoms with Crippen LogP contribution in [0.1, 0.15) is 30.9 Å². The van der Waals surface area contributed by atoms with Gasteiger partial charge in [-0.2, -0.15) is 0 Å². The lowest BCUT2D eigenvalue weighted by Gasteiger charge is -2.26. The highest BCUT2D eigenvalue weighted by atomic mass is 16.3. The summed E-state index contributed by atoms with van der Waals surface area (Å²) >= 11 is 0. The number of benzene rings is 1. The number of phenols is 1. The summed E-state index contributed by atoms with van der Waals surface area (Å²) in [6.45, 7) is 3.26. The lowest BCUT2D eigenvalue weighted by molar-refractivity contribution is 0.427. The van der Waals surface area contributed by atoms with Crippen LogP contribution in [-0.4, -0.2) is 17.7 Å². The Morgan fingerprint density at radius 1 is 1.47 bits per heavy atom. The first-order valence-electron chi connectivity index (χ1n) is 5.84. The molecule has 1 aliphatic rings. The average Bonchev–Trinajstić information content (AvgIpc) is 2.27. The third-order valence-electron chi connectivity index (χ3n) is 3.14. The van der Waals surface area contributed by atoms with E-state index in [1.165, 1.54) is 18.4 Å². The molecule has 2 rings (SSSR count). The molecule has 1 aliphatic carbocycles. The molecule has 0 bridgehead atoms. The Balaban J connectivity index is 2.08. The number of rotatable bonds is 3. The zero-order valence-corrected chi connectivity index (χ0v) is 9.29. The van der Waals surface area contributed by atoms with E-state index in [0.29, 0.717) is 11.8 Å². The van der Waals surface area contributed by atoms with Crippen molar-refractivity contribution in [2.75, 3.05) is 6.54 Å². The van der Waals surface area contributed by atoms with E-state index in [1.54, 1.807) is 6.07 Å². The minimum Gasteiger partial charge on any atom is -0.508 e. The minimum atomic E-state index is 0.468. The molecule has 0 heterocycles. The number of aromatic hydroxyl groups is 1. The highest BCUT2D eigenvalue weighted by Crippen LogP contribution is 2.28. The van der Waals surface area contributed by atoms with Crippen LogP contribution < -0.4 is 5.32 Å². The fourth-order valence-corrected chi connectivity index (χ4v) is 2.29. The van der Waals surface area contributed by atoms with Crippen molar-refractivity contribution in [3.63, 3.8) is 0 Å². The van der Waals surface area contributed by atoms with Gasteiger partial charge in [0.05, 0.1) is 0 Å². The maximum atomic E-state index is 9.77. The number of phenolic OH excluding ortho intramolecular Hbond substituents is 1. The molecule has 0 aromatic heterocycles. The van der Waals surface area contributed by atoms with E-state index >= 15 is 0 Å². The van der Waals surface area contributed by atoms with Crippen LogP contribution in [-0.2, 0) is 12.8 Å². The molecule has 2 N–H and O–H groups in total. The third-order valence-corrected chi connectivity index (χ3v) is 3.14. The second kappa shape index (κ2) is 4.67. The summed E-state index contributed by atoms with van der Waals surface area (Å²) in [7, 11) is 0. The molecule has 1 unspecified atom stereocenters. The fraction of sp³-hybridized carbons (Fsp3) is 0.538. The molecule has 0 amide bonds. The average molecular weight is 205 g/mol. The third kappa shape index (κ3) is 2.32. The van der Waals surface area contributed by atoms with Crippen molar-refractivity contribution < 1.29 is 5.11 Å². The van der Waals surface area contributed by atoms with Crippen molar-refractivity contribution in [3.8, 4) is 5.75 Å². The normalized spacial score (nSPS) is 19.9. The summed E-state index contributed by atoms with van der Waals surface area (Å²) in [4.78, 5) is 0. The van der Waals surface area contributed by atoms with Crippen molar-refractivity contribution in [1.82, 2.24) is 5.32 Å². The Morgan fingerprint density at radius 3 is 3.13 bits per heavy atom. The van der Waals surface area contributed by atoms with Crippen LogP contribution in [0.2, 0.25) is 0 Å². The zero-order chi connectivity index (χ0) is 10.7. The van der Waals surface area contributed by atoms with E-state index in [-0.39, 0.29) is 0 Å². The highest BCUT2D eigenvalue weighted by molar-refractivity contribution is 5.41. The number of aryl methyl sites for hydroxylation is 1. The van der Waals surface area contributed by atoms with E-state index in [9.17, 15) is 5.11 Å². The SMILES string of the molecule is CCCNC1CCc2cccc(O)c2C1. The first kappa shape index (κ1) is 10.5. The van der Waals surface area contributed by atoms with E-state index in [4.69, 9.17) is 0 Å². The largest absolute Gasteiger partial charge is 0.508 e. The van der Waals surface area contributed by atoms with Crippen LogP contribution in [0.15, 0.2) is 18.2 Å². The quantitative estimate of drug-likeness (QED) is 0.793. The molecule has 0 radical (unpaired) electrons. The molecule has 2 nitrogen and oxygen atoms in total. The minimum absolute atomic E-state index is 0.468. The van der Waals surface area contributed by atoms with Gasteiger partial charge >= 0.3 is 0 Å². The summed E-state index contributed by atoms with van der Waals surface area (Å²) in [6, 6.07) is 6.41. The molecule has 82 valence electrons. The fourth-order valence-electron chi connectivity index (χ4n) is 2.29. The van der Waals surface area contributed by atoms with Gasteiger partial charge in [0.1, 0.15) is 5.75 Å². The smallest absolute Gasteiger partial charge is 0.119 e. The predicted octanol–water partition coefficient (Wildman–Crippen LogP) is 2.25. The Hall–Kier alpha value is -1.02. The Bertz CT molecular complexity index is 335. The summed E-state index contributed by atoms with van der Waals surface area (Å²) in [5, 5.41) is 13.3. The van der Waals surface area contributed by atoms with Gasteiger partial charge in [-0.25, -0.2) is 0 Å². The Kier molecular flexibility index (Phi) is 3.27. The second-order valence-electron chi connectivity index (χ2n) is 4.31. The lowest BCUT2D eigenvalue weighted by atomic mass is 9.87. The van der Waals surface area contributed by atoms with Crippen LogP contribution in [0.25, 0.3) is 0 Å². The van der Waals surface area contributed by atoms with Gasteiger partial charge in [0, 0.05) is 6.04 Å². The topological polar surface area (TPSA) is 32.3 Å². The van der Waals surface area contributed by atoms with Crippen LogP contribution in [0.3, 0.4) is 0 Å². The highest BCUT2D eigenvalue weighted by Gasteiger charge is 2.19. The van der Waals surface area contributed by atoms with Crippen molar-refractivity contribution in [1.29, 1.82) is 0 Å². The molecule has 0 spiro atoms. The molecule has 1 aromatic carbocycles. The van der Waals surface area contributed by atoms with E-state index < -0.39 is 0 Å². The maximum absolute atomic E-state index is 9.77. The van der Waals surface area contributed by atoms with E-state index in [0.717, 1.165) is 24.9 Å². The second-order valence-corrected chi connectivity index (χ2v) is 4.31. The van der Waals surface area contributed by atoms with Gasteiger partial charge in [0.25, 0.3) is 0 Å². The molecular weight excluding hydrogens is 186 g/mol. The Labute approximate surface area is 91.3 Å². The molecule has 0 fully saturated rings. The van der Waals surface area contributed by atoms with Gasteiger partial charge in [-0.3, -0.25) is 0 Å². The zero-order valence-electron chi connectivity index (χ0n) is 9.29. The number of hydrogen-bond acceptors (Lipinski definition) is 2.